The Labute approximate surface area is 117 Å². The van der Waals surface area contributed by atoms with Crippen molar-refractivity contribution >= 4 is 0 Å². The second kappa shape index (κ2) is 5.16. The summed E-state index contributed by atoms with van der Waals surface area (Å²) in [7, 11) is 0. The maximum Gasteiger partial charge on any atom is 0.172 e. The van der Waals surface area contributed by atoms with Gasteiger partial charge in [-0.05, 0) is 22.3 Å². The Morgan fingerprint density at radius 2 is 1.32 bits per heavy atom. The van der Waals surface area contributed by atoms with Gasteiger partial charge >= 0.3 is 0 Å². The van der Waals surface area contributed by atoms with Crippen LogP contribution in [0.5, 0.6) is 5.75 Å². The minimum Gasteiger partial charge on any atom is -0.340 e. The van der Waals surface area contributed by atoms with Gasteiger partial charge in [-0.3, -0.25) is 0 Å². The molecular weight excluding hydrogens is 236 g/mol. The summed E-state index contributed by atoms with van der Waals surface area (Å²) in [5.74, 6) is 0.939. The van der Waals surface area contributed by atoms with Crippen molar-refractivity contribution in [3.05, 3.63) is 28.8 Å². The van der Waals surface area contributed by atoms with Gasteiger partial charge < -0.3 is 4.89 Å². The molecule has 19 heavy (non-hydrogen) atoms. The third-order valence-corrected chi connectivity index (χ3v) is 3.48. The highest BCUT2D eigenvalue weighted by molar-refractivity contribution is 5.52. The Bertz CT molecular complexity index is 446. The van der Waals surface area contributed by atoms with Crippen LogP contribution in [-0.2, 0) is 10.8 Å². The van der Waals surface area contributed by atoms with Crippen molar-refractivity contribution in [1.82, 2.24) is 0 Å². The molecule has 0 atom stereocenters. The van der Waals surface area contributed by atoms with Crippen molar-refractivity contribution < 1.29 is 10.1 Å². The van der Waals surface area contributed by atoms with Gasteiger partial charge in [-0.1, -0.05) is 67.5 Å². The average molecular weight is 264 g/mol. The quantitative estimate of drug-likeness (QED) is 0.583. The molecule has 1 aromatic carbocycles. The summed E-state index contributed by atoms with van der Waals surface area (Å²) >= 11 is 0. The maximum absolute atomic E-state index is 9.40. The van der Waals surface area contributed by atoms with E-state index in [0.717, 1.165) is 11.1 Å². The van der Waals surface area contributed by atoms with Crippen LogP contribution in [0.3, 0.4) is 0 Å². The Hall–Kier alpha value is -1.02. The lowest BCUT2D eigenvalue weighted by Crippen LogP contribution is -2.20. The molecule has 0 aliphatic rings. The SMILES string of the molecule is CC(C)c1c(C(C)(C)C)ccc(C(C)(C)C)c1OO. The third-order valence-electron chi connectivity index (χ3n) is 3.48. The molecule has 1 aromatic rings. The molecule has 108 valence electrons. The van der Waals surface area contributed by atoms with Crippen molar-refractivity contribution in [3.63, 3.8) is 0 Å². The molecule has 0 spiro atoms. The summed E-state index contributed by atoms with van der Waals surface area (Å²) in [6.45, 7) is 17.2. The van der Waals surface area contributed by atoms with Gasteiger partial charge in [0.05, 0.1) is 0 Å². The molecule has 0 saturated heterocycles. The van der Waals surface area contributed by atoms with Crippen LogP contribution in [0, 0.1) is 0 Å². The molecule has 0 bridgehead atoms. The van der Waals surface area contributed by atoms with Crippen LogP contribution in [0.25, 0.3) is 0 Å². The Morgan fingerprint density at radius 1 is 0.895 bits per heavy atom. The standard InChI is InChI=1S/C17H28O2/c1-11(2)14-12(16(3,4)5)9-10-13(15(14)19-18)17(6,7)8/h9-11,18H,1-8H3. The van der Waals surface area contributed by atoms with Crippen molar-refractivity contribution in [2.24, 2.45) is 0 Å². The predicted molar refractivity (Wildman–Crippen MR) is 81.2 cm³/mol. The molecule has 0 radical (unpaired) electrons. The van der Waals surface area contributed by atoms with Crippen LogP contribution in [-0.4, -0.2) is 5.26 Å². The van der Waals surface area contributed by atoms with E-state index in [4.69, 9.17) is 4.89 Å². The zero-order chi connectivity index (χ0) is 15.0. The number of hydrogen-bond donors (Lipinski definition) is 1. The molecule has 0 heterocycles. The second-order valence-electron chi connectivity index (χ2n) is 7.65. The summed E-state index contributed by atoms with van der Waals surface area (Å²) in [5.41, 5.74) is 3.37. The molecule has 1 N–H and O–H groups in total. The lowest BCUT2D eigenvalue weighted by atomic mass is 9.76. The van der Waals surface area contributed by atoms with Gasteiger partial charge in [0.15, 0.2) is 5.75 Å². The number of benzene rings is 1. The van der Waals surface area contributed by atoms with Crippen LogP contribution in [0.1, 0.15) is 78.0 Å². The van der Waals surface area contributed by atoms with Gasteiger partial charge in [-0.2, -0.15) is 0 Å². The van der Waals surface area contributed by atoms with Crippen molar-refractivity contribution in [2.45, 2.75) is 72.1 Å². The van der Waals surface area contributed by atoms with Gasteiger partial charge in [0.1, 0.15) is 0 Å². The van der Waals surface area contributed by atoms with E-state index in [1.54, 1.807) is 0 Å². The lowest BCUT2D eigenvalue weighted by molar-refractivity contribution is -0.139. The fraction of sp³-hybridized carbons (Fsp3) is 0.647. The van der Waals surface area contributed by atoms with Gasteiger partial charge in [0, 0.05) is 11.1 Å². The van der Waals surface area contributed by atoms with E-state index < -0.39 is 0 Å². The minimum atomic E-state index is -0.0574. The van der Waals surface area contributed by atoms with E-state index in [1.807, 2.05) is 0 Å². The zero-order valence-electron chi connectivity index (χ0n) is 13.6. The molecule has 0 unspecified atom stereocenters. The Kier molecular flexibility index (Phi) is 4.36. The van der Waals surface area contributed by atoms with E-state index in [1.165, 1.54) is 5.56 Å². The maximum atomic E-state index is 9.40. The average Bonchev–Trinajstić information content (AvgIpc) is 2.24. The molecule has 2 nitrogen and oxygen atoms in total. The molecule has 1 rings (SSSR count). The van der Waals surface area contributed by atoms with Crippen LogP contribution in [0.4, 0.5) is 0 Å². The van der Waals surface area contributed by atoms with E-state index in [0.29, 0.717) is 11.7 Å². The molecule has 0 aliphatic heterocycles. The highest BCUT2D eigenvalue weighted by atomic mass is 17.1. The molecule has 0 aliphatic carbocycles. The van der Waals surface area contributed by atoms with E-state index >= 15 is 0 Å². The second-order valence-corrected chi connectivity index (χ2v) is 7.65. The van der Waals surface area contributed by atoms with Gasteiger partial charge in [-0.15, -0.1) is 0 Å². The highest BCUT2D eigenvalue weighted by Crippen LogP contribution is 2.42. The van der Waals surface area contributed by atoms with Crippen molar-refractivity contribution in [3.8, 4) is 5.75 Å². The lowest BCUT2D eigenvalue weighted by Gasteiger charge is -2.30. The summed E-state index contributed by atoms with van der Waals surface area (Å²) in [4.78, 5) is 4.80. The van der Waals surface area contributed by atoms with E-state index in [-0.39, 0.29) is 10.8 Å². The summed E-state index contributed by atoms with van der Waals surface area (Å²) in [6, 6.07) is 4.26. The zero-order valence-corrected chi connectivity index (χ0v) is 13.6. The first-order chi connectivity index (χ1) is 8.50. The van der Waals surface area contributed by atoms with Gasteiger partial charge in [0.2, 0.25) is 0 Å². The normalized spacial score (nSPS) is 12.9. The van der Waals surface area contributed by atoms with E-state index in [9.17, 15) is 5.26 Å². The fourth-order valence-electron chi connectivity index (χ4n) is 2.52. The highest BCUT2D eigenvalue weighted by Gasteiger charge is 2.28. The number of hydrogen-bond acceptors (Lipinski definition) is 2. The van der Waals surface area contributed by atoms with Crippen LogP contribution >= 0.6 is 0 Å². The Morgan fingerprint density at radius 3 is 1.63 bits per heavy atom. The van der Waals surface area contributed by atoms with Crippen LogP contribution in [0.2, 0.25) is 0 Å². The molecular formula is C17H28O2. The summed E-state index contributed by atoms with van der Waals surface area (Å²) < 4.78 is 0. The molecule has 2 heteroatoms. The first-order valence-corrected chi connectivity index (χ1v) is 6.99. The summed E-state index contributed by atoms with van der Waals surface area (Å²) in [6.07, 6.45) is 0. The molecule has 0 aromatic heterocycles. The van der Waals surface area contributed by atoms with Crippen LogP contribution < -0.4 is 4.89 Å². The first-order valence-electron chi connectivity index (χ1n) is 6.99. The molecule has 0 saturated carbocycles. The minimum absolute atomic E-state index is 0.0310. The number of rotatable bonds is 2. The molecule has 0 fully saturated rings. The van der Waals surface area contributed by atoms with Crippen LogP contribution in [0.15, 0.2) is 12.1 Å². The predicted octanol–water partition coefficient (Wildman–Crippen LogP) is 5.26. The Balaban J connectivity index is 3.67. The summed E-state index contributed by atoms with van der Waals surface area (Å²) in [5, 5.41) is 9.40. The van der Waals surface area contributed by atoms with Gasteiger partial charge in [0.25, 0.3) is 0 Å². The smallest absolute Gasteiger partial charge is 0.172 e. The third kappa shape index (κ3) is 3.30. The van der Waals surface area contributed by atoms with E-state index in [2.05, 4.69) is 67.5 Å². The largest absolute Gasteiger partial charge is 0.340 e. The molecule has 0 amide bonds. The monoisotopic (exact) mass is 264 g/mol. The van der Waals surface area contributed by atoms with Crippen molar-refractivity contribution in [1.29, 1.82) is 0 Å². The van der Waals surface area contributed by atoms with Gasteiger partial charge in [-0.25, -0.2) is 5.26 Å². The topological polar surface area (TPSA) is 29.5 Å². The fourth-order valence-corrected chi connectivity index (χ4v) is 2.52. The first kappa shape index (κ1) is 16.0. The van der Waals surface area contributed by atoms with Crippen molar-refractivity contribution in [2.75, 3.05) is 0 Å².